The Balaban J connectivity index is 2.57. The molecule has 1 N–H and O–H groups in total. The Bertz CT molecular complexity index is 509. The zero-order chi connectivity index (χ0) is 14.2. The third-order valence-corrected chi connectivity index (χ3v) is 3.38. The lowest BCUT2D eigenvalue weighted by Gasteiger charge is -2.30. The van der Waals surface area contributed by atoms with Gasteiger partial charge in [0.25, 0.3) is 5.91 Å². The fourth-order valence-electron chi connectivity index (χ4n) is 2.41. The number of hydrogen-bond acceptors (Lipinski definition) is 2. The highest BCUT2D eigenvalue weighted by molar-refractivity contribution is 6.11. The number of para-hydroxylation sites is 1. The van der Waals surface area contributed by atoms with Crippen LogP contribution in [0.2, 0.25) is 0 Å². The van der Waals surface area contributed by atoms with Crippen molar-refractivity contribution in [3.05, 3.63) is 29.8 Å². The van der Waals surface area contributed by atoms with Gasteiger partial charge in [-0.3, -0.25) is 9.59 Å². The summed E-state index contributed by atoms with van der Waals surface area (Å²) in [5, 5.41) is 2.84. The average molecular weight is 260 g/mol. The standard InChI is InChI=1S/C15H20N2O2/c1-9(2)13-15(19)17(10(3)4)12-8-6-5-7-11(12)14(18)16-13/h5-10,13H,1-4H3,(H,16,18). The number of carbonyl (C=O) groups excluding carboxylic acids is 2. The van der Waals surface area contributed by atoms with Crippen LogP contribution in [-0.2, 0) is 4.79 Å². The van der Waals surface area contributed by atoms with Crippen molar-refractivity contribution in [1.82, 2.24) is 5.32 Å². The van der Waals surface area contributed by atoms with Gasteiger partial charge in [-0.25, -0.2) is 0 Å². The van der Waals surface area contributed by atoms with E-state index in [1.54, 1.807) is 11.0 Å². The molecule has 1 aromatic rings. The van der Waals surface area contributed by atoms with Gasteiger partial charge in [-0.2, -0.15) is 0 Å². The molecule has 0 bridgehead atoms. The maximum Gasteiger partial charge on any atom is 0.254 e. The van der Waals surface area contributed by atoms with Crippen LogP contribution in [0, 0.1) is 5.92 Å². The SMILES string of the molecule is CC(C)C1NC(=O)c2ccccc2N(C(C)C)C1=O. The fourth-order valence-corrected chi connectivity index (χ4v) is 2.41. The molecule has 2 rings (SSSR count). The molecule has 4 nitrogen and oxygen atoms in total. The minimum atomic E-state index is -0.470. The molecule has 0 aromatic heterocycles. The molecule has 0 saturated heterocycles. The average Bonchev–Trinajstić information content (AvgIpc) is 2.45. The monoisotopic (exact) mass is 260 g/mol. The lowest BCUT2D eigenvalue weighted by atomic mass is 10.0. The third kappa shape index (κ3) is 2.35. The van der Waals surface area contributed by atoms with Crippen molar-refractivity contribution in [1.29, 1.82) is 0 Å². The molecule has 0 radical (unpaired) electrons. The van der Waals surface area contributed by atoms with Crippen molar-refractivity contribution in [3.63, 3.8) is 0 Å². The number of nitrogens with one attached hydrogen (secondary N) is 1. The summed E-state index contributed by atoms with van der Waals surface area (Å²) in [5.74, 6) is -0.152. The van der Waals surface area contributed by atoms with E-state index in [2.05, 4.69) is 5.32 Å². The highest BCUT2D eigenvalue weighted by Crippen LogP contribution is 2.27. The molecule has 0 spiro atoms. The lowest BCUT2D eigenvalue weighted by Crippen LogP contribution is -2.50. The van der Waals surface area contributed by atoms with E-state index in [1.165, 1.54) is 0 Å². The van der Waals surface area contributed by atoms with Crippen LogP contribution in [0.5, 0.6) is 0 Å². The van der Waals surface area contributed by atoms with Gasteiger partial charge in [-0.1, -0.05) is 26.0 Å². The summed E-state index contributed by atoms with van der Waals surface area (Å²) < 4.78 is 0. The molecule has 0 aliphatic carbocycles. The minimum absolute atomic E-state index is 0.0163. The number of rotatable bonds is 2. The van der Waals surface area contributed by atoms with Gasteiger partial charge in [-0.15, -0.1) is 0 Å². The summed E-state index contributed by atoms with van der Waals surface area (Å²) >= 11 is 0. The number of hydrogen-bond donors (Lipinski definition) is 1. The summed E-state index contributed by atoms with van der Waals surface area (Å²) in [6, 6.07) is 6.80. The van der Waals surface area contributed by atoms with Crippen molar-refractivity contribution in [3.8, 4) is 0 Å². The number of benzene rings is 1. The van der Waals surface area contributed by atoms with Gasteiger partial charge >= 0.3 is 0 Å². The topological polar surface area (TPSA) is 49.4 Å². The minimum Gasteiger partial charge on any atom is -0.340 e. The van der Waals surface area contributed by atoms with E-state index in [0.717, 1.165) is 0 Å². The first-order chi connectivity index (χ1) is 8.93. The van der Waals surface area contributed by atoms with Crippen LogP contribution in [0.1, 0.15) is 38.1 Å². The Morgan fingerprint density at radius 3 is 2.32 bits per heavy atom. The van der Waals surface area contributed by atoms with Crippen molar-refractivity contribution < 1.29 is 9.59 Å². The van der Waals surface area contributed by atoms with Gasteiger partial charge in [0.15, 0.2) is 0 Å². The second-order valence-corrected chi connectivity index (χ2v) is 5.51. The van der Waals surface area contributed by atoms with Gasteiger partial charge in [0.2, 0.25) is 5.91 Å². The number of carbonyl (C=O) groups is 2. The summed E-state index contributed by atoms with van der Waals surface area (Å²) in [7, 11) is 0. The van der Waals surface area contributed by atoms with Crippen LogP contribution in [0.4, 0.5) is 5.69 Å². The van der Waals surface area contributed by atoms with Gasteiger partial charge in [0.1, 0.15) is 6.04 Å². The van der Waals surface area contributed by atoms with Crippen LogP contribution in [0.25, 0.3) is 0 Å². The van der Waals surface area contributed by atoms with Gasteiger partial charge < -0.3 is 10.2 Å². The summed E-state index contributed by atoms with van der Waals surface area (Å²) in [6.07, 6.45) is 0. The molecule has 19 heavy (non-hydrogen) atoms. The predicted molar refractivity (Wildman–Crippen MR) is 75.2 cm³/mol. The highest BCUT2D eigenvalue weighted by atomic mass is 16.2. The Hall–Kier alpha value is -1.84. The second kappa shape index (κ2) is 5.03. The van der Waals surface area contributed by atoms with E-state index in [9.17, 15) is 9.59 Å². The van der Waals surface area contributed by atoms with Crippen molar-refractivity contribution in [2.75, 3.05) is 4.90 Å². The number of nitrogens with zero attached hydrogens (tertiary/aromatic N) is 1. The van der Waals surface area contributed by atoms with E-state index in [1.807, 2.05) is 45.9 Å². The van der Waals surface area contributed by atoms with Crippen LogP contribution in [0.15, 0.2) is 24.3 Å². The maximum atomic E-state index is 12.6. The van der Waals surface area contributed by atoms with E-state index >= 15 is 0 Å². The predicted octanol–water partition coefficient (Wildman–Crippen LogP) is 2.20. The first-order valence-electron chi connectivity index (χ1n) is 6.66. The molecule has 4 heteroatoms. The summed E-state index contributed by atoms with van der Waals surface area (Å²) in [6.45, 7) is 7.80. The molecule has 2 amide bonds. The molecule has 0 fully saturated rings. The van der Waals surface area contributed by atoms with Crippen molar-refractivity contribution in [2.24, 2.45) is 5.92 Å². The van der Waals surface area contributed by atoms with Gasteiger partial charge in [0.05, 0.1) is 11.3 Å². The second-order valence-electron chi connectivity index (χ2n) is 5.51. The van der Waals surface area contributed by atoms with Crippen molar-refractivity contribution in [2.45, 2.75) is 39.8 Å². The van der Waals surface area contributed by atoms with Crippen LogP contribution < -0.4 is 10.2 Å². The van der Waals surface area contributed by atoms with Gasteiger partial charge in [-0.05, 0) is 31.9 Å². The Kier molecular flexibility index (Phi) is 3.60. The number of anilines is 1. The zero-order valence-electron chi connectivity index (χ0n) is 11.8. The summed E-state index contributed by atoms with van der Waals surface area (Å²) in [5.41, 5.74) is 1.26. The molecular weight excluding hydrogens is 240 g/mol. The lowest BCUT2D eigenvalue weighted by molar-refractivity contribution is -0.121. The van der Waals surface area contributed by atoms with Gasteiger partial charge in [0, 0.05) is 6.04 Å². The molecule has 1 aliphatic heterocycles. The van der Waals surface area contributed by atoms with E-state index in [4.69, 9.17) is 0 Å². The fraction of sp³-hybridized carbons (Fsp3) is 0.467. The first kappa shape index (κ1) is 13.6. The largest absolute Gasteiger partial charge is 0.340 e. The molecule has 1 aromatic carbocycles. The summed E-state index contributed by atoms with van der Waals surface area (Å²) in [4.78, 5) is 26.6. The van der Waals surface area contributed by atoms with E-state index in [0.29, 0.717) is 11.3 Å². The molecule has 0 saturated carbocycles. The molecule has 1 heterocycles. The highest BCUT2D eigenvalue weighted by Gasteiger charge is 2.36. The molecule has 102 valence electrons. The quantitative estimate of drug-likeness (QED) is 0.886. The zero-order valence-corrected chi connectivity index (χ0v) is 11.8. The Labute approximate surface area is 113 Å². The van der Waals surface area contributed by atoms with E-state index < -0.39 is 6.04 Å². The first-order valence-corrected chi connectivity index (χ1v) is 6.66. The number of amides is 2. The normalized spacial score (nSPS) is 19.5. The number of fused-ring (bicyclic) bond motifs is 1. The van der Waals surface area contributed by atoms with E-state index in [-0.39, 0.29) is 23.8 Å². The molecular formula is C15H20N2O2. The van der Waals surface area contributed by atoms with Crippen LogP contribution in [0.3, 0.4) is 0 Å². The third-order valence-electron chi connectivity index (χ3n) is 3.38. The van der Waals surface area contributed by atoms with Crippen molar-refractivity contribution >= 4 is 17.5 Å². The maximum absolute atomic E-state index is 12.6. The Morgan fingerprint density at radius 2 is 1.74 bits per heavy atom. The molecule has 1 atom stereocenters. The smallest absolute Gasteiger partial charge is 0.254 e. The van der Waals surface area contributed by atoms with Crippen LogP contribution in [-0.4, -0.2) is 23.9 Å². The molecule has 1 unspecified atom stereocenters. The van der Waals surface area contributed by atoms with Crippen LogP contribution >= 0.6 is 0 Å². The Morgan fingerprint density at radius 1 is 1.11 bits per heavy atom. The molecule has 1 aliphatic rings.